The molecule has 0 saturated carbocycles. The first-order valence-corrected chi connectivity index (χ1v) is 3.03. The van der Waals surface area contributed by atoms with Crippen LogP contribution in [0.2, 0.25) is 0 Å². The van der Waals surface area contributed by atoms with Crippen LogP contribution >= 0.6 is 0 Å². The molecule has 0 saturated heterocycles. The van der Waals surface area contributed by atoms with Gasteiger partial charge < -0.3 is 0 Å². The molecule has 0 N–H and O–H groups in total. The van der Waals surface area contributed by atoms with Crippen molar-refractivity contribution in [1.82, 2.24) is 10.3 Å². The molecule has 1 aromatic rings. The summed E-state index contributed by atoms with van der Waals surface area (Å²) in [6.45, 7) is 3.61. The largest absolute Gasteiger partial charge is 0.292 e. The van der Waals surface area contributed by atoms with Crippen LogP contribution in [0.5, 0.6) is 0 Å². The lowest BCUT2D eigenvalue weighted by atomic mass is 10.1. The molecule has 4 heteroatoms. The van der Waals surface area contributed by atoms with Gasteiger partial charge in [-0.3, -0.25) is 4.79 Å². The first-order valence-electron chi connectivity index (χ1n) is 3.03. The topological polar surface area (TPSA) is 56.0 Å². The Morgan fingerprint density at radius 2 is 2.40 bits per heavy atom. The molecular weight excluding hydrogens is 132 g/mol. The van der Waals surface area contributed by atoms with E-state index in [-0.39, 0.29) is 11.7 Å². The lowest BCUT2D eigenvalue weighted by molar-refractivity contribution is 0.0929. The molecule has 0 aromatic carbocycles. The number of nitrogens with zero attached hydrogens (tertiary/aromatic N) is 2. The van der Waals surface area contributed by atoms with E-state index in [9.17, 15) is 4.79 Å². The summed E-state index contributed by atoms with van der Waals surface area (Å²) in [5.74, 6) is -0.0897. The Balaban J connectivity index is 2.78. The maximum atomic E-state index is 11.0. The van der Waals surface area contributed by atoms with Gasteiger partial charge in [-0.1, -0.05) is 19.0 Å². The molecule has 1 aromatic heterocycles. The number of ketones is 1. The third-order valence-electron chi connectivity index (χ3n) is 1.14. The minimum atomic E-state index is -0.0492. The first kappa shape index (κ1) is 6.92. The van der Waals surface area contributed by atoms with Gasteiger partial charge in [-0.05, 0) is 5.16 Å². The van der Waals surface area contributed by atoms with Crippen LogP contribution in [0.1, 0.15) is 24.3 Å². The van der Waals surface area contributed by atoms with Gasteiger partial charge in [0.25, 0.3) is 0 Å². The molecule has 54 valence electrons. The molecule has 0 unspecified atom stereocenters. The summed E-state index contributed by atoms with van der Waals surface area (Å²) in [7, 11) is 0. The number of rotatable bonds is 2. The number of carbonyl (C=O) groups is 1. The van der Waals surface area contributed by atoms with Gasteiger partial charge in [0.1, 0.15) is 6.20 Å². The van der Waals surface area contributed by atoms with Crippen molar-refractivity contribution < 1.29 is 9.42 Å². The second kappa shape index (κ2) is 2.60. The van der Waals surface area contributed by atoms with E-state index >= 15 is 0 Å². The quantitative estimate of drug-likeness (QED) is 0.573. The molecule has 0 aliphatic rings. The Morgan fingerprint density at radius 3 is 2.80 bits per heavy atom. The number of Topliss-reactive ketones (excluding diaryl/α,β-unsaturated/α-hetero) is 1. The molecular formula is C6H8N2O2. The van der Waals surface area contributed by atoms with Crippen molar-refractivity contribution in [3.8, 4) is 0 Å². The van der Waals surface area contributed by atoms with Gasteiger partial charge in [0.05, 0.1) is 0 Å². The van der Waals surface area contributed by atoms with Crippen LogP contribution in [0.3, 0.4) is 0 Å². The Kier molecular flexibility index (Phi) is 1.80. The fourth-order valence-corrected chi connectivity index (χ4v) is 0.569. The van der Waals surface area contributed by atoms with Gasteiger partial charge in [0.15, 0.2) is 11.5 Å². The standard InChI is InChI=1S/C6H8N2O2/c1-4(2)6(9)5-3-7-10-8-5/h3-4H,1-2H3. The van der Waals surface area contributed by atoms with Crippen molar-refractivity contribution in [2.45, 2.75) is 13.8 Å². The highest BCUT2D eigenvalue weighted by Gasteiger charge is 2.13. The first-order chi connectivity index (χ1) is 4.72. The van der Waals surface area contributed by atoms with Crippen LogP contribution in [0.15, 0.2) is 10.8 Å². The summed E-state index contributed by atoms with van der Waals surface area (Å²) in [5, 5.41) is 6.72. The molecule has 0 amide bonds. The number of hydrogen-bond acceptors (Lipinski definition) is 4. The fourth-order valence-electron chi connectivity index (χ4n) is 0.569. The lowest BCUT2D eigenvalue weighted by Gasteiger charge is -1.95. The smallest absolute Gasteiger partial charge is 0.188 e. The summed E-state index contributed by atoms with van der Waals surface area (Å²) >= 11 is 0. The predicted molar refractivity (Wildman–Crippen MR) is 33.5 cm³/mol. The van der Waals surface area contributed by atoms with E-state index in [2.05, 4.69) is 14.9 Å². The van der Waals surface area contributed by atoms with Crippen molar-refractivity contribution >= 4 is 5.78 Å². The molecule has 4 nitrogen and oxygen atoms in total. The Bertz CT molecular complexity index is 216. The normalized spacial score (nSPS) is 10.3. The summed E-state index contributed by atoms with van der Waals surface area (Å²) in [6.07, 6.45) is 1.32. The van der Waals surface area contributed by atoms with E-state index in [1.165, 1.54) is 6.20 Å². The summed E-state index contributed by atoms with van der Waals surface area (Å²) < 4.78 is 4.26. The molecule has 0 aliphatic heterocycles. The van der Waals surface area contributed by atoms with E-state index in [1.54, 1.807) is 13.8 Å². The molecule has 0 aliphatic carbocycles. The van der Waals surface area contributed by atoms with Crippen LogP contribution in [-0.2, 0) is 0 Å². The van der Waals surface area contributed by atoms with E-state index in [0.717, 1.165) is 0 Å². The van der Waals surface area contributed by atoms with Crippen molar-refractivity contribution in [2.24, 2.45) is 5.92 Å². The molecule has 0 radical (unpaired) electrons. The third-order valence-corrected chi connectivity index (χ3v) is 1.14. The molecule has 0 fully saturated rings. The van der Waals surface area contributed by atoms with Crippen molar-refractivity contribution in [1.29, 1.82) is 0 Å². The van der Waals surface area contributed by atoms with Gasteiger partial charge in [-0.25, -0.2) is 4.63 Å². The van der Waals surface area contributed by atoms with Crippen LogP contribution in [0, 0.1) is 5.92 Å². The Labute approximate surface area is 58.2 Å². The van der Waals surface area contributed by atoms with Gasteiger partial charge in [0.2, 0.25) is 0 Å². The average molecular weight is 140 g/mol. The van der Waals surface area contributed by atoms with E-state index in [4.69, 9.17) is 0 Å². The lowest BCUT2D eigenvalue weighted by Crippen LogP contribution is -2.07. The Morgan fingerprint density at radius 1 is 1.70 bits per heavy atom. The highest BCUT2D eigenvalue weighted by Crippen LogP contribution is 2.02. The fraction of sp³-hybridized carbons (Fsp3) is 0.500. The molecule has 1 heterocycles. The predicted octanol–water partition coefficient (Wildman–Crippen LogP) is 0.908. The monoisotopic (exact) mass is 140 g/mol. The zero-order valence-electron chi connectivity index (χ0n) is 5.87. The zero-order valence-corrected chi connectivity index (χ0v) is 5.87. The van der Waals surface area contributed by atoms with Crippen LogP contribution in [-0.4, -0.2) is 16.1 Å². The highest BCUT2D eigenvalue weighted by molar-refractivity contribution is 5.95. The number of carbonyl (C=O) groups excluding carboxylic acids is 1. The van der Waals surface area contributed by atoms with Crippen LogP contribution in [0.4, 0.5) is 0 Å². The summed E-state index contributed by atoms with van der Waals surface area (Å²) in [6, 6.07) is 0. The van der Waals surface area contributed by atoms with Crippen LogP contribution in [0.25, 0.3) is 0 Å². The van der Waals surface area contributed by atoms with Gasteiger partial charge in [-0.2, -0.15) is 0 Å². The van der Waals surface area contributed by atoms with Crippen molar-refractivity contribution in [3.05, 3.63) is 11.9 Å². The molecule has 0 bridgehead atoms. The maximum absolute atomic E-state index is 11.0. The molecule has 0 atom stereocenters. The zero-order chi connectivity index (χ0) is 7.56. The van der Waals surface area contributed by atoms with Gasteiger partial charge in [0, 0.05) is 5.92 Å². The number of aromatic nitrogens is 2. The summed E-state index contributed by atoms with van der Waals surface area (Å²) in [4.78, 5) is 11.0. The van der Waals surface area contributed by atoms with Crippen molar-refractivity contribution in [3.63, 3.8) is 0 Å². The second-order valence-electron chi connectivity index (χ2n) is 2.31. The maximum Gasteiger partial charge on any atom is 0.188 e. The van der Waals surface area contributed by atoms with Crippen LogP contribution < -0.4 is 0 Å². The molecule has 10 heavy (non-hydrogen) atoms. The SMILES string of the molecule is CC(C)C(=O)c1cnon1. The average Bonchev–Trinajstić information content (AvgIpc) is 2.36. The number of hydrogen-bond donors (Lipinski definition) is 0. The minimum Gasteiger partial charge on any atom is -0.292 e. The Hall–Kier alpha value is -1.19. The molecule has 0 spiro atoms. The van der Waals surface area contributed by atoms with E-state index < -0.39 is 0 Å². The van der Waals surface area contributed by atoms with E-state index in [1.807, 2.05) is 0 Å². The van der Waals surface area contributed by atoms with Crippen molar-refractivity contribution in [2.75, 3.05) is 0 Å². The third kappa shape index (κ3) is 1.21. The van der Waals surface area contributed by atoms with Gasteiger partial charge in [-0.15, -0.1) is 0 Å². The summed E-state index contributed by atoms with van der Waals surface area (Å²) in [5.41, 5.74) is 0.301. The van der Waals surface area contributed by atoms with E-state index in [0.29, 0.717) is 5.69 Å². The minimum absolute atomic E-state index is 0.0405. The highest BCUT2D eigenvalue weighted by atomic mass is 16.6. The molecule has 1 rings (SSSR count). The van der Waals surface area contributed by atoms with Gasteiger partial charge >= 0.3 is 0 Å². The second-order valence-corrected chi connectivity index (χ2v) is 2.31.